The number of benzene rings is 2. The molecule has 0 unspecified atom stereocenters. The summed E-state index contributed by atoms with van der Waals surface area (Å²) in [5.41, 5.74) is 2.12. The van der Waals surface area contributed by atoms with Crippen LogP contribution in [0.4, 0.5) is 5.69 Å². The lowest BCUT2D eigenvalue weighted by Crippen LogP contribution is -2.35. The number of carbonyl (C=O) groups excluding carboxylic acids is 2. The molecule has 0 fully saturated rings. The molecule has 1 N–H and O–H groups in total. The Morgan fingerprint density at radius 1 is 1.07 bits per heavy atom. The van der Waals surface area contributed by atoms with Crippen LogP contribution in [0.3, 0.4) is 0 Å². The molecule has 2 amide bonds. The molecule has 2 aromatic carbocycles. The van der Waals surface area contributed by atoms with E-state index in [1.54, 1.807) is 0 Å². The van der Waals surface area contributed by atoms with Gasteiger partial charge in [-0.2, -0.15) is 0 Å². The van der Waals surface area contributed by atoms with Crippen LogP contribution in [0.25, 0.3) is 5.57 Å². The van der Waals surface area contributed by atoms with Gasteiger partial charge in [0.1, 0.15) is 11.4 Å². The van der Waals surface area contributed by atoms with Crippen molar-refractivity contribution in [3.63, 3.8) is 0 Å². The third kappa shape index (κ3) is 4.88. The number of hydrogen-bond donors (Lipinski definition) is 1. The molecule has 0 atom stereocenters. The maximum Gasteiger partial charge on any atom is 0.278 e. The lowest BCUT2D eigenvalue weighted by molar-refractivity contribution is -0.137. The largest absolute Gasteiger partial charge is 0.494 e. The Bertz CT molecular complexity index is 935. The van der Waals surface area contributed by atoms with Gasteiger partial charge in [0.25, 0.3) is 11.8 Å². The topological polar surface area (TPSA) is 58.6 Å². The van der Waals surface area contributed by atoms with E-state index in [0.717, 1.165) is 22.3 Å². The van der Waals surface area contributed by atoms with Gasteiger partial charge in [-0.3, -0.25) is 14.5 Å². The molecule has 152 valence electrons. The van der Waals surface area contributed by atoms with Gasteiger partial charge in [-0.15, -0.1) is 0 Å². The Kier molecular flexibility index (Phi) is 6.75. The third-order valence-electron chi connectivity index (χ3n) is 4.43. The SMILES string of the molecule is CCCOc1ccc(C2=C(Nc3cccc(Br)c3)C(=O)N(CC(C)C)C2=O)cc1. The Morgan fingerprint density at radius 2 is 1.79 bits per heavy atom. The highest BCUT2D eigenvalue weighted by atomic mass is 79.9. The predicted octanol–water partition coefficient (Wildman–Crippen LogP) is 5.09. The molecule has 1 aliphatic heterocycles. The van der Waals surface area contributed by atoms with Crippen LogP contribution in [0.1, 0.15) is 32.8 Å². The fourth-order valence-electron chi connectivity index (χ4n) is 3.14. The van der Waals surface area contributed by atoms with Crippen molar-refractivity contribution in [1.29, 1.82) is 0 Å². The van der Waals surface area contributed by atoms with Crippen molar-refractivity contribution >= 4 is 39.0 Å². The number of imide groups is 1. The molecule has 0 spiro atoms. The molecule has 2 aromatic rings. The first-order valence-corrected chi connectivity index (χ1v) is 10.6. The summed E-state index contributed by atoms with van der Waals surface area (Å²) in [6.07, 6.45) is 0.921. The van der Waals surface area contributed by atoms with Crippen molar-refractivity contribution in [3.05, 3.63) is 64.3 Å². The highest BCUT2D eigenvalue weighted by Gasteiger charge is 2.39. The van der Waals surface area contributed by atoms with Crippen molar-refractivity contribution in [2.45, 2.75) is 27.2 Å². The maximum atomic E-state index is 13.1. The first-order chi connectivity index (χ1) is 13.9. The zero-order valence-corrected chi connectivity index (χ0v) is 18.5. The van der Waals surface area contributed by atoms with Crippen LogP contribution in [0, 0.1) is 5.92 Å². The molecular weight excluding hydrogens is 432 g/mol. The second-order valence-corrected chi connectivity index (χ2v) is 8.29. The van der Waals surface area contributed by atoms with Crippen LogP contribution in [0.5, 0.6) is 5.75 Å². The summed E-state index contributed by atoms with van der Waals surface area (Å²) >= 11 is 3.44. The Hall–Kier alpha value is -2.60. The molecular formula is C23H25BrN2O3. The lowest BCUT2D eigenvalue weighted by Gasteiger charge is -2.17. The number of amides is 2. The molecule has 0 aliphatic carbocycles. The Morgan fingerprint density at radius 3 is 2.41 bits per heavy atom. The summed E-state index contributed by atoms with van der Waals surface area (Å²) < 4.78 is 6.52. The number of halogens is 1. The number of nitrogens with zero attached hydrogens (tertiary/aromatic N) is 1. The predicted molar refractivity (Wildman–Crippen MR) is 118 cm³/mol. The first-order valence-electron chi connectivity index (χ1n) is 9.77. The van der Waals surface area contributed by atoms with Crippen LogP contribution in [0.2, 0.25) is 0 Å². The summed E-state index contributed by atoms with van der Waals surface area (Å²) in [6.45, 7) is 7.03. The molecule has 1 heterocycles. The van der Waals surface area contributed by atoms with Gasteiger partial charge in [0.05, 0.1) is 12.2 Å². The van der Waals surface area contributed by atoms with E-state index in [1.165, 1.54) is 4.90 Å². The number of anilines is 1. The zero-order valence-electron chi connectivity index (χ0n) is 16.9. The first kappa shape index (κ1) is 21.1. The van der Waals surface area contributed by atoms with Gasteiger partial charge < -0.3 is 10.1 Å². The van der Waals surface area contributed by atoms with Gasteiger partial charge in [-0.25, -0.2) is 0 Å². The van der Waals surface area contributed by atoms with Gasteiger partial charge in [-0.1, -0.05) is 54.9 Å². The van der Waals surface area contributed by atoms with Crippen LogP contribution < -0.4 is 10.1 Å². The number of ether oxygens (including phenoxy) is 1. The smallest absolute Gasteiger partial charge is 0.278 e. The highest BCUT2D eigenvalue weighted by Crippen LogP contribution is 2.32. The maximum absolute atomic E-state index is 13.1. The van der Waals surface area contributed by atoms with E-state index in [9.17, 15) is 9.59 Å². The summed E-state index contributed by atoms with van der Waals surface area (Å²) in [5.74, 6) is 0.348. The average Bonchev–Trinajstić information content (AvgIpc) is 2.91. The minimum absolute atomic E-state index is 0.180. The molecule has 0 bridgehead atoms. The van der Waals surface area contributed by atoms with Crippen molar-refractivity contribution in [1.82, 2.24) is 4.90 Å². The van der Waals surface area contributed by atoms with Crippen molar-refractivity contribution < 1.29 is 14.3 Å². The number of rotatable bonds is 8. The number of carbonyl (C=O) groups is 2. The summed E-state index contributed by atoms with van der Waals surface area (Å²) in [6, 6.07) is 14.8. The van der Waals surface area contributed by atoms with Crippen molar-refractivity contribution in [2.75, 3.05) is 18.5 Å². The van der Waals surface area contributed by atoms with Crippen LogP contribution in [-0.4, -0.2) is 29.9 Å². The number of hydrogen-bond acceptors (Lipinski definition) is 4. The van der Waals surface area contributed by atoms with Gasteiger partial charge in [0.2, 0.25) is 0 Å². The van der Waals surface area contributed by atoms with E-state index in [4.69, 9.17) is 4.74 Å². The summed E-state index contributed by atoms with van der Waals surface area (Å²) in [4.78, 5) is 27.5. The minimum Gasteiger partial charge on any atom is -0.494 e. The van der Waals surface area contributed by atoms with Crippen LogP contribution >= 0.6 is 15.9 Å². The Labute approximate surface area is 179 Å². The van der Waals surface area contributed by atoms with E-state index < -0.39 is 0 Å². The van der Waals surface area contributed by atoms with Gasteiger partial charge >= 0.3 is 0 Å². The molecule has 29 heavy (non-hydrogen) atoms. The van der Waals surface area contributed by atoms with Gasteiger partial charge in [0, 0.05) is 16.7 Å². The fourth-order valence-corrected chi connectivity index (χ4v) is 3.54. The average molecular weight is 457 g/mol. The monoisotopic (exact) mass is 456 g/mol. The summed E-state index contributed by atoms with van der Waals surface area (Å²) in [5, 5.41) is 3.17. The Balaban J connectivity index is 1.99. The molecule has 3 rings (SSSR count). The van der Waals surface area contributed by atoms with E-state index in [1.807, 2.05) is 69.3 Å². The quantitative estimate of drug-likeness (QED) is 0.562. The molecule has 5 nitrogen and oxygen atoms in total. The molecule has 0 saturated heterocycles. The normalized spacial score (nSPS) is 14.2. The zero-order chi connectivity index (χ0) is 21.0. The summed E-state index contributed by atoms with van der Waals surface area (Å²) in [7, 11) is 0. The second kappa shape index (κ2) is 9.27. The molecule has 6 heteroatoms. The fraction of sp³-hybridized carbons (Fsp3) is 0.304. The van der Waals surface area contributed by atoms with Crippen LogP contribution in [-0.2, 0) is 9.59 Å². The minimum atomic E-state index is -0.301. The standard InChI is InChI=1S/C23H25BrN2O3/c1-4-12-29-19-10-8-16(9-11-19)20-21(25-18-7-5-6-17(24)13-18)23(28)26(22(20)27)14-15(2)3/h5-11,13,15,25H,4,12,14H2,1-3H3. The second-order valence-electron chi connectivity index (χ2n) is 7.37. The number of nitrogens with one attached hydrogen (secondary N) is 1. The van der Waals surface area contributed by atoms with Crippen molar-refractivity contribution in [3.8, 4) is 5.75 Å². The molecule has 0 aromatic heterocycles. The van der Waals surface area contributed by atoms with Gasteiger partial charge in [-0.05, 0) is 48.2 Å². The van der Waals surface area contributed by atoms with E-state index >= 15 is 0 Å². The molecule has 0 radical (unpaired) electrons. The van der Waals surface area contributed by atoms with E-state index in [0.29, 0.717) is 30.0 Å². The molecule has 0 saturated carbocycles. The highest BCUT2D eigenvalue weighted by molar-refractivity contribution is 9.10. The molecule has 1 aliphatic rings. The lowest BCUT2D eigenvalue weighted by atomic mass is 10.0. The van der Waals surface area contributed by atoms with Gasteiger partial charge in [0.15, 0.2) is 0 Å². The van der Waals surface area contributed by atoms with Crippen molar-refractivity contribution in [2.24, 2.45) is 5.92 Å². The third-order valence-corrected chi connectivity index (χ3v) is 4.92. The van der Waals surface area contributed by atoms with Crippen LogP contribution in [0.15, 0.2) is 58.7 Å². The van der Waals surface area contributed by atoms with E-state index in [-0.39, 0.29) is 17.7 Å². The van der Waals surface area contributed by atoms with E-state index in [2.05, 4.69) is 21.2 Å².